The van der Waals surface area contributed by atoms with E-state index in [1.165, 1.54) is 0 Å². The zero-order valence-corrected chi connectivity index (χ0v) is 15.2. The van der Waals surface area contributed by atoms with Gasteiger partial charge in [-0.05, 0) is 57.2 Å². The molecule has 1 aromatic carbocycles. The quantitative estimate of drug-likeness (QED) is 0.769. The van der Waals surface area contributed by atoms with E-state index in [1.807, 2.05) is 35.0 Å². The number of aromatic nitrogens is 4. The summed E-state index contributed by atoms with van der Waals surface area (Å²) in [6.07, 6.45) is 3.82. The van der Waals surface area contributed by atoms with Crippen molar-refractivity contribution in [2.24, 2.45) is 5.73 Å². The largest absolute Gasteiger partial charge is 0.366 e. The molecule has 0 aliphatic carbocycles. The Kier molecular flexibility index (Phi) is 4.68. The zero-order chi connectivity index (χ0) is 18.8. The molecule has 2 aromatic heterocycles. The van der Waals surface area contributed by atoms with Gasteiger partial charge in [0.05, 0.1) is 6.04 Å². The molecule has 4 rings (SSSR count). The summed E-state index contributed by atoms with van der Waals surface area (Å²) in [6, 6.07) is 13.2. The molecule has 2 N–H and O–H groups in total. The van der Waals surface area contributed by atoms with E-state index < -0.39 is 5.91 Å². The van der Waals surface area contributed by atoms with Crippen LogP contribution in [0, 0.1) is 0 Å². The molecule has 0 atom stereocenters. The Bertz CT molecular complexity index is 927. The predicted octanol–water partition coefficient (Wildman–Crippen LogP) is 2.37. The van der Waals surface area contributed by atoms with Crippen molar-refractivity contribution in [2.45, 2.75) is 18.9 Å². The van der Waals surface area contributed by atoms with Gasteiger partial charge in [-0.3, -0.25) is 9.78 Å². The first-order valence-corrected chi connectivity index (χ1v) is 9.08. The molecule has 0 spiro atoms. The van der Waals surface area contributed by atoms with Crippen molar-refractivity contribution < 1.29 is 4.79 Å². The number of carbonyl (C=O) groups excluding carboxylic acids is 1. The Labute approximate surface area is 157 Å². The topological polar surface area (TPSA) is 89.9 Å². The van der Waals surface area contributed by atoms with E-state index in [9.17, 15) is 4.79 Å². The summed E-state index contributed by atoms with van der Waals surface area (Å²) in [5.41, 5.74) is 7.46. The molecule has 7 nitrogen and oxygen atoms in total. The standard InChI is InChI=1S/C20H22N6O/c1-25-12-9-16(10-13-25)26-20(17-4-2-3-11-22-17)23-19(24-26)15-7-5-14(6-8-15)18(21)27/h2-8,11,16H,9-10,12-13H2,1H3,(H2,21,27). The molecule has 1 saturated heterocycles. The second-order valence-corrected chi connectivity index (χ2v) is 6.89. The fourth-order valence-electron chi connectivity index (χ4n) is 3.39. The van der Waals surface area contributed by atoms with Crippen LogP contribution in [0.5, 0.6) is 0 Å². The number of pyridine rings is 1. The van der Waals surface area contributed by atoms with Crippen LogP contribution in [0.25, 0.3) is 22.9 Å². The molecule has 0 bridgehead atoms. The van der Waals surface area contributed by atoms with Crippen LogP contribution in [0.1, 0.15) is 29.2 Å². The fourth-order valence-corrected chi connectivity index (χ4v) is 3.39. The average molecular weight is 362 g/mol. The summed E-state index contributed by atoms with van der Waals surface area (Å²) in [5, 5.41) is 4.81. The van der Waals surface area contributed by atoms with E-state index in [0.29, 0.717) is 17.4 Å². The lowest BCUT2D eigenvalue weighted by Gasteiger charge is -2.29. The van der Waals surface area contributed by atoms with Crippen molar-refractivity contribution in [1.29, 1.82) is 0 Å². The molecule has 1 aliphatic heterocycles. The Hall–Kier alpha value is -3.06. The third-order valence-electron chi connectivity index (χ3n) is 4.99. The summed E-state index contributed by atoms with van der Waals surface area (Å²) in [6.45, 7) is 2.07. The highest BCUT2D eigenvalue weighted by atomic mass is 16.1. The number of primary amides is 1. The number of nitrogens with zero attached hydrogens (tertiary/aromatic N) is 5. The van der Waals surface area contributed by atoms with Crippen molar-refractivity contribution in [3.63, 3.8) is 0 Å². The van der Waals surface area contributed by atoms with Gasteiger partial charge in [0.25, 0.3) is 0 Å². The number of nitrogens with two attached hydrogens (primary N) is 1. The zero-order valence-electron chi connectivity index (χ0n) is 15.2. The molecule has 138 valence electrons. The van der Waals surface area contributed by atoms with Crippen LogP contribution in [0.15, 0.2) is 48.7 Å². The van der Waals surface area contributed by atoms with Gasteiger partial charge in [0.15, 0.2) is 11.6 Å². The maximum Gasteiger partial charge on any atom is 0.248 e. The van der Waals surface area contributed by atoms with Crippen LogP contribution in [-0.2, 0) is 0 Å². The van der Waals surface area contributed by atoms with Gasteiger partial charge < -0.3 is 10.6 Å². The Balaban J connectivity index is 1.74. The van der Waals surface area contributed by atoms with Gasteiger partial charge in [0.2, 0.25) is 5.91 Å². The van der Waals surface area contributed by atoms with Crippen LogP contribution >= 0.6 is 0 Å². The van der Waals surface area contributed by atoms with E-state index >= 15 is 0 Å². The van der Waals surface area contributed by atoms with Crippen molar-refractivity contribution in [2.75, 3.05) is 20.1 Å². The maximum absolute atomic E-state index is 11.3. The number of benzene rings is 1. The number of rotatable bonds is 4. The highest BCUT2D eigenvalue weighted by Gasteiger charge is 2.24. The van der Waals surface area contributed by atoms with E-state index in [2.05, 4.69) is 16.9 Å². The average Bonchev–Trinajstić information content (AvgIpc) is 3.15. The van der Waals surface area contributed by atoms with Crippen molar-refractivity contribution in [3.8, 4) is 22.9 Å². The van der Waals surface area contributed by atoms with Crippen LogP contribution in [0.3, 0.4) is 0 Å². The maximum atomic E-state index is 11.3. The second-order valence-electron chi connectivity index (χ2n) is 6.89. The third kappa shape index (κ3) is 3.59. The number of hydrogen-bond acceptors (Lipinski definition) is 5. The molecule has 1 aliphatic rings. The number of piperidine rings is 1. The lowest BCUT2D eigenvalue weighted by molar-refractivity contribution is 0.100. The monoisotopic (exact) mass is 362 g/mol. The third-order valence-corrected chi connectivity index (χ3v) is 4.99. The highest BCUT2D eigenvalue weighted by molar-refractivity contribution is 5.93. The lowest BCUT2D eigenvalue weighted by Crippen LogP contribution is -2.32. The summed E-state index contributed by atoms with van der Waals surface area (Å²) < 4.78 is 2.02. The van der Waals surface area contributed by atoms with E-state index in [4.69, 9.17) is 15.8 Å². The summed E-state index contributed by atoms with van der Waals surface area (Å²) in [7, 11) is 2.14. The van der Waals surface area contributed by atoms with Gasteiger partial charge in [0, 0.05) is 17.3 Å². The van der Waals surface area contributed by atoms with Crippen LogP contribution in [0.4, 0.5) is 0 Å². The Morgan fingerprint density at radius 1 is 1.11 bits per heavy atom. The fraction of sp³-hybridized carbons (Fsp3) is 0.300. The van der Waals surface area contributed by atoms with E-state index in [0.717, 1.165) is 43.0 Å². The van der Waals surface area contributed by atoms with E-state index in [1.54, 1.807) is 18.3 Å². The number of likely N-dealkylation sites (tertiary alicyclic amines) is 1. The summed E-state index contributed by atoms with van der Waals surface area (Å²) in [4.78, 5) is 22.9. The Morgan fingerprint density at radius 2 is 1.85 bits per heavy atom. The first-order valence-electron chi connectivity index (χ1n) is 9.08. The number of carbonyl (C=O) groups is 1. The lowest BCUT2D eigenvalue weighted by atomic mass is 10.1. The molecule has 0 unspecified atom stereocenters. The summed E-state index contributed by atoms with van der Waals surface area (Å²) in [5.74, 6) is 0.963. The minimum absolute atomic E-state index is 0.296. The van der Waals surface area contributed by atoms with Crippen molar-refractivity contribution in [3.05, 3.63) is 54.2 Å². The molecule has 0 radical (unpaired) electrons. The molecule has 0 saturated carbocycles. The van der Waals surface area contributed by atoms with Gasteiger partial charge in [-0.25, -0.2) is 9.67 Å². The first-order chi connectivity index (χ1) is 13.1. The molecule has 27 heavy (non-hydrogen) atoms. The molecule has 3 heterocycles. The second kappa shape index (κ2) is 7.28. The number of amides is 1. The minimum atomic E-state index is -0.444. The van der Waals surface area contributed by atoms with Gasteiger partial charge in [-0.1, -0.05) is 18.2 Å². The molecular formula is C20H22N6O. The predicted molar refractivity (Wildman–Crippen MR) is 103 cm³/mol. The van der Waals surface area contributed by atoms with Gasteiger partial charge in [0.1, 0.15) is 5.69 Å². The molecule has 1 amide bonds. The normalized spacial score (nSPS) is 15.7. The van der Waals surface area contributed by atoms with Crippen LogP contribution in [-0.4, -0.2) is 50.7 Å². The van der Waals surface area contributed by atoms with Crippen molar-refractivity contribution >= 4 is 5.91 Å². The van der Waals surface area contributed by atoms with Gasteiger partial charge in [-0.2, -0.15) is 5.10 Å². The molecular weight excluding hydrogens is 340 g/mol. The number of hydrogen-bond donors (Lipinski definition) is 1. The highest BCUT2D eigenvalue weighted by Crippen LogP contribution is 2.29. The Morgan fingerprint density at radius 3 is 2.48 bits per heavy atom. The van der Waals surface area contributed by atoms with E-state index in [-0.39, 0.29) is 0 Å². The molecule has 3 aromatic rings. The molecule has 7 heteroatoms. The summed E-state index contributed by atoms with van der Waals surface area (Å²) >= 11 is 0. The molecule has 1 fully saturated rings. The smallest absolute Gasteiger partial charge is 0.248 e. The van der Waals surface area contributed by atoms with Gasteiger partial charge >= 0.3 is 0 Å². The minimum Gasteiger partial charge on any atom is -0.366 e. The van der Waals surface area contributed by atoms with Crippen LogP contribution < -0.4 is 5.73 Å². The first kappa shape index (κ1) is 17.4. The van der Waals surface area contributed by atoms with Crippen molar-refractivity contribution in [1.82, 2.24) is 24.6 Å². The SMILES string of the molecule is CN1CCC(n2nc(-c3ccc(C(N)=O)cc3)nc2-c2ccccn2)CC1. The van der Waals surface area contributed by atoms with Gasteiger partial charge in [-0.15, -0.1) is 0 Å². The van der Waals surface area contributed by atoms with Crippen LogP contribution in [0.2, 0.25) is 0 Å².